The van der Waals surface area contributed by atoms with Crippen molar-refractivity contribution in [3.05, 3.63) is 88.8 Å². The number of hydrogen-bond donors (Lipinski definition) is 2. The lowest BCUT2D eigenvalue weighted by Gasteiger charge is -2.15. The summed E-state index contributed by atoms with van der Waals surface area (Å²) in [6.45, 7) is 1.77. The molecule has 2 aromatic carbocycles. The molecule has 3 aromatic rings. The summed E-state index contributed by atoms with van der Waals surface area (Å²) in [7, 11) is -3.69. The number of aromatic amines is 1. The molecule has 7 heteroatoms. The van der Waals surface area contributed by atoms with Gasteiger partial charge in [-0.3, -0.25) is 5.10 Å². The molecule has 2 N–H and O–H groups in total. The van der Waals surface area contributed by atoms with Crippen molar-refractivity contribution in [2.75, 3.05) is 0 Å². The maximum atomic E-state index is 12.5. The van der Waals surface area contributed by atoms with Crippen molar-refractivity contribution in [2.45, 2.75) is 13.0 Å². The quantitative estimate of drug-likeness (QED) is 0.712. The van der Waals surface area contributed by atoms with Gasteiger partial charge in [0.05, 0.1) is 0 Å². The fraction of sp³-hybridized carbons (Fsp3) is 0.111. The van der Waals surface area contributed by atoms with Gasteiger partial charge in [0.1, 0.15) is 11.9 Å². The highest BCUT2D eigenvalue weighted by Crippen LogP contribution is 2.20. The molecule has 0 amide bonds. The third-order valence-corrected chi connectivity index (χ3v) is 4.59. The number of aryl methyl sites for hydroxylation is 1. The Labute approximate surface area is 146 Å². The average molecular weight is 354 g/mol. The number of H-pyrrole nitrogens is 1. The molecule has 128 valence electrons. The SMILES string of the molecule is Cc1nc(C(NS(=O)(=O)C=Cc2ccccc2)c2ccccc2)n[nH]1. The molecule has 3 rings (SSSR count). The second kappa shape index (κ2) is 7.42. The van der Waals surface area contributed by atoms with Crippen molar-refractivity contribution in [1.29, 1.82) is 0 Å². The molecular formula is C18H18N4O2S. The van der Waals surface area contributed by atoms with Crippen LogP contribution in [0.25, 0.3) is 6.08 Å². The molecule has 6 nitrogen and oxygen atoms in total. The van der Waals surface area contributed by atoms with E-state index in [0.717, 1.165) is 16.5 Å². The summed E-state index contributed by atoms with van der Waals surface area (Å²) in [5.74, 6) is 0.996. The maximum absolute atomic E-state index is 12.5. The number of hydrogen-bond acceptors (Lipinski definition) is 4. The van der Waals surface area contributed by atoms with Gasteiger partial charge in [-0.2, -0.15) is 9.82 Å². The molecule has 0 aliphatic rings. The van der Waals surface area contributed by atoms with Gasteiger partial charge in [0.2, 0.25) is 10.0 Å². The predicted molar refractivity (Wildman–Crippen MR) is 96.9 cm³/mol. The lowest BCUT2D eigenvalue weighted by Crippen LogP contribution is -2.28. The monoisotopic (exact) mass is 354 g/mol. The molecule has 0 fully saturated rings. The first-order valence-electron chi connectivity index (χ1n) is 7.73. The average Bonchev–Trinajstić information content (AvgIpc) is 3.06. The molecule has 0 bridgehead atoms. The Bertz CT molecular complexity index is 951. The van der Waals surface area contributed by atoms with Crippen LogP contribution >= 0.6 is 0 Å². The van der Waals surface area contributed by atoms with Crippen LogP contribution in [0.4, 0.5) is 0 Å². The lowest BCUT2D eigenvalue weighted by atomic mass is 10.1. The van der Waals surface area contributed by atoms with Crippen molar-refractivity contribution in [3.8, 4) is 0 Å². The van der Waals surface area contributed by atoms with Gasteiger partial charge >= 0.3 is 0 Å². The maximum Gasteiger partial charge on any atom is 0.234 e. The molecule has 0 saturated heterocycles. The van der Waals surface area contributed by atoms with Gasteiger partial charge in [-0.15, -0.1) is 0 Å². The van der Waals surface area contributed by atoms with Crippen LogP contribution in [0.3, 0.4) is 0 Å². The van der Waals surface area contributed by atoms with Crippen molar-refractivity contribution >= 4 is 16.1 Å². The summed E-state index contributed by atoms with van der Waals surface area (Å²) in [6.07, 6.45) is 1.55. The van der Waals surface area contributed by atoms with Crippen LogP contribution < -0.4 is 4.72 Å². The first kappa shape index (κ1) is 17.1. The zero-order chi connectivity index (χ0) is 17.7. The summed E-state index contributed by atoms with van der Waals surface area (Å²) in [6, 6.07) is 17.8. The molecule has 0 spiro atoms. The Balaban J connectivity index is 1.88. The van der Waals surface area contributed by atoms with Crippen molar-refractivity contribution in [3.63, 3.8) is 0 Å². The van der Waals surface area contributed by atoms with Crippen LogP contribution in [-0.4, -0.2) is 23.6 Å². The number of nitrogens with zero attached hydrogens (tertiary/aromatic N) is 2. The Morgan fingerprint density at radius 1 is 1.04 bits per heavy atom. The smallest absolute Gasteiger partial charge is 0.234 e. The second-order valence-electron chi connectivity index (χ2n) is 5.50. The topological polar surface area (TPSA) is 87.7 Å². The molecule has 0 aliphatic heterocycles. The summed E-state index contributed by atoms with van der Waals surface area (Å²) in [4.78, 5) is 4.27. The van der Waals surface area contributed by atoms with Crippen LogP contribution in [0.2, 0.25) is 0 Å². The van der Waals surface area contributed by atoms with Crippen LogP contribution in [0.5, 0.6) is 0 Å². The van der Waals surface area contributed by atoms with Gasteiger partial charge in [-0.25, -0.2) is 13.4 Å². The van der Waals surface area contributed by atoms with Crippen LogP contribution in [0.1, 0.15) is 28.8 Å². The first-order chi connectivity index (χ1) is 12.0. The molecule has 1 unspecified atom stereocenters. The fourth-order valence-corrected chi connectivity index (χ4v) is 3.33. The highest BCUT2D eigenvalue weighted by atomic mass is 32.2. The summed E-state index contributed by atoms with van der Waals surface area (Å²) >= 11 is 0. The van der Waals surface area contributed by atoms with E-state index < -0.39 is 16.1 Å². The van der Waals surface area contributed by atoms with E-state index in [4.69, 9.17) is 0 Å². The Morgan fingerprint density at radius 3 is 2.28 bits per heavy atom. The highest BCUT2D eigenvalue weighted by molar-refractivity contribution is 7.92. The molecule has 1 heterocycles. The molecule has 0 aliphatic carbocycles. The van der Waals surface area contributed by atoms with Crippen molar-refractivity contribution in [1.82, 2.24) is 19.9 Å². The van der Waals surface area contributed by atoms with E-state index in [1.54, 1.807) is 13.0 Å². The standard InChI is InChI=1S/C18H18N4O2S/c1-14-19-18(21-20-14)17(16-10-6-3-7-11-16)22-25(23,24)13-12-15-8-4-2-5-9-15/h2-13,17,22H,1H3,(H,19,20,21). The number of nitrogens with one attached hydrogen (secondary N) is 2. The minimum Gasteiger partial charge on any atom is -0.263 e. The van der Waals surface area contributed by atoms with E-state index in [-0.39, 0.29) is 0 Å². The van der Waals surface area contributed by atoms with Gasteiger partial charge in [0.25, 0.3) is 0 Å². The van der Waals surface area contributed by atoms with E-state index in [2.05, 4.69) is 19.9 Å². The minimum atomic E-state index is -3.69. The lowest BCUT2D eigenvalue weighted by molar-refractivity contribution is 0.576. The van der Waals surface area contributed by atoms with Crippen LogP contribution in [0.15, 0.2) is 66.1 Å². The highest BCUT2D eigenvalue weighted by Gasteiger charge is 2.23. The largest absolute Gasteiger partial charge is 0.263 e. The van der Waals surface area contributed by atoms with E-state index in [0.29, 0.717) is 11.6 Å². The molecule has 25 heavy (non-hydrogen) atoms. The van der Waals surface area contributed by atoms with Gasteiger partial charge in [0, 0.05) is 5.41 Å². The zero-order valence-corrected chi connectivity index (χ0v) is 14.4. The van der Waals surface area contributed by atoms with E-state index >= 15 is 0 Å². The summed E-state index contributed by atoms with van der Waals surface area (Å²) in [5, 5.41) is 8.01. The van der Waals surface area contributed by atoms with Crippen molar-refractivity contribution < 1.29 is 8.42 Å². The third kappa shape index (κ3) is 4.62. The van der Waals surface area contributed by atoms with Crippen molar-refractivity contribution in [2.24, 2.45) is 0 Å². The predicted octanol–water partition coefficient (Wildman–Crippen LogP) is 2.79. The summed E-state index contributed by atoms with van der Waals surface area (Å²) in [5.41, 5.74) is 1.57. The summed E-state index contributed by atoms with van der Waals surface area (Å²) < 4.78 is 27.7. The van der Waals surface area contributed by atoms with Gasteiger partial charge in [0.15, 0.2) is 5.82 Å². The Hall–Kier alpha value is -2.77. The van der Waals surface area contributed by atoms with Crippen LogP contribution in [-0.2, 0) is 10.0 Å². The van der Waals surface area contributed by atoms with E-state index in [1.807, 2.05) is 60.7 Å². The first-order valence-corrected chi connectivity index (χ1v) is 9.27. The number of sulfonamides is 1. The second-order valence-corrected chi connectivity index (χ2v) is 7.10. The van der Waals surface area contributed by atoms with Gasteiger partial charge in [-0.1, -0.05) is 60.7 Å². The number of rotatable bonds is 6. The van der Waals surface area contributed by atoms with Gasteiger partial charge < -0.3 is 0 Å². The minimum absolute atomic E-state index is 0.375. The van der Waals surface area contributed by atoms with Gasteiger partial charge in [-0.05, 0) is 24.1 Å². The van der Waals surface area contributed by atoms with E-state index in [9.17, 15) is 8.42 Å². The fourth-order valence-electron chi connectivity index (χ4n) is 2.34. The van der Waals surface area contributed by atoms with E-state index in [1.165, 1.54) is 0 Å². The number of aromatic nitrogens is 3. The Morgan fingerprint density at radius 2 is 1.68 bits per heavy atom. The molecular weight excluding hydrogens is 336 g/mol. The molecule has 0 radical (unpaired) electrons. The normalized spacial score (nSPS) is 13.2. The number of benzene rings is 2. The molecule has 1 atom stereocenters. The third-order valence-electron chi connectivity index (χ3n) is 3.53. The zero-order valence-electron chi connectivity index (χ0n) is 13.6. The Kier molecular flexibility index (Phi) is 5.06. The molecule has 0 saturated carbocycles. The molecule has 1 aromatic heterocycles. The van der Waals surface area contributed by atoms with Crippen LogP contribution in [0, 0.1) is 6.92 Å².